The van der Waals surface area contributed by atoms with Crippen molar-refractivity contribution >= 4 is 0 Å². The summed E-state index contributed by atoms with van der Waals surface area (Å²) >= 11 is 0. The normalized spacial score (nSPS) is 12.3. The third-order valence-electron chi connectivity index (χ3n) is 1.86. The molecule has 1 atom stereocenters. The largest absolute Gasteiger partial charge is 0.491 e. The molecule has 0 fully saturated rings. The summed E-state index contributed by atoms with van der Waals surface area (Å²) in [6.45, 7) is 3.44. The van der Waals surface area contributed by atoms with E-state index < -0.39 is 23.4 Å². The van der Waals surface area contributed by atoms with E-state index >= 15 is 0 Å². The lowest BCUT2D eigenvalue weighted by molar-refractivity contribution is 0.359. The molecule has 0 aromatic heterocycles. The molecule has 2 nitrogen and oxygen atoms in total. The number of halogens is 2. The van der Waals surface area contributed by atoms with E-state index in [-0.39, 0.29) is 0 Å². The molecule has 2 N–H and O–H groups in total. The molecule has 14 heavy (non-hydrogen) atoms. The third kappa shape index (κ3) is 1.90. The quantitative estimate of drug-likeness (QED) is 0.757. The molecular weight excluding hydrogens is 188 g/mol. The fraction of sp³-hybridized carbons (Fsp3) is 0.200. The Balaban J connectivity index is 3.20. The molecule has 1 aromatic carbocycles. The molecule has 0 saturated carbocycles. The van der Waals surface area contributed by atoms with Crippen LogP contribution in [-0.4, -0.2) is 7.11 Å². The molecule has 76 valence electrons. The highest BCUT2D eigenvalue weighted by Crippen LogP contribution is 2.25. The number of rotatable bonds is 3. The summed E-state index contributed by atoms with van der Waals surface area (Å²) in [5, 5.41) is 0. The monoisotopic (exact) mass is 199 g/mol. The van der Waals surface area contributed by atoms with Gasteiger partial charge in [-0.2, -0.15) is 0 Å². The van der Waals surface area contributed by atoms with Crippen molar-refractivity contribution < 1.29 is 13.5 Å². The van der Waals surface area contributed by atoms with Gasteiger partial charge in [0, 0.05) is 6.04 Å². The Labute approximate surface area is 81.0 Å². The van der Waals surface area contributed by atoms with Crippen molar-refractivity contribution in [1.29, 1.82) is 0 Å². The molecular formula is C10H11F2NO. The summed E-state index contributed by atoms with van der Waals surface area (Å²) in [5.41, 5.74) is 5.86. The van der Waals surface area contributed by atoms with E-state index in [1.54, 1.807) is 0 Å². The van der Waals surface area contributed by atoms with Gasteiger partial charge < -0.3 is 10.5 Å². The number of hydrogen-bond donors (Lipinski definition) is 1. The predicted octanol–water partition coefficient (Wildman–Crippen LogP) is 2.16. The molecule has 0 saturated heterocycles. The van der Waals surface area contributed by atoms with Gasteiger partial charge >= 0.3 is 0 Å². The number of nitrogens with two attached hydrogens (primary N) is 1. The zero-order valence-electron chi connectivity index (χ0n) is 7.76. The maximum absolute atomic E-state index is 13.2. The number of benzene rings is 1. The molecule has 0 bridgehead atoms. The van der Waals surface area contributed by atoms with Crippen LogP contribution in [0.25, 0.3) is 0 Å². The van der Waals surface area contributed by atoms with Gasteiger partial charge in [-0.3, -0.25) is 0 Å². The van der Waals surface area contributed by atoms with Crippen molar-refractivity contribution in [3.63, 3.8) is 0 Å². The number of ether oxygens (including phenoxy) is 1. The second-order valence-electron chi connectivity index (χ2n) is 2.78. The molecule has 0 aliphatic heterocycles. The van der Waals surface area contributed by atoms with Gasteiger partial charge in [0.2, 0.25) is 0 Å². The molecule has 4 heteroatoms. The first kappa shape index (κ1) is 10.7. The summed E-state index contributed by atoms with van der Waals surface area (Å²) in [5.74, 6) is -1.93. The van der Waals surface area contributed by atoms with E-state index in [1.165, 1.54) is 13.2 Å². The summed E-state index contributed by atoms with van der Waals surface area (Å²) < 4.78 is 30.8. The second-order valence-corrected chi connectivity index (χ2v) is 2.78. The average molecular weight is 199 g/mol. The van der Waals surface area contributed by atoms with Crippen LogP contribution < -0.4 is 10.5 Å². The maximum Gasteiger partial charge on any atom is 0.190 e. The van der Waals surface area contributed by atoms with Crippen LogP contribution in [0.3, 0.4) is 0 Å². The van der Waals surface area contributed by atoms with Crippen molar-refractivity contribution in [2.24, 2.45) is 5.73 Å². The Morgan fingerprint density at radius 1 is 1.43 bits per heavy atom. The molecule has 0 radical (unpaired) electrons. The Bertz CT molecular complexity index is 329. The first-order valence-corrected chi connectivity index (χ1v) is 4.01. The third-order valence-corrected chi connectivity index (χ3v) is 1.86. The van der Waals surface area contributed by atoms with Crippen LogP contribution in [0.2, 0.25) is 0 Å². The van der Waals surface area contributed by atoms with Gasteiger partial charge in [0.25, 0.3) is 0 Å². The van der Waals surface area contributed by atoms with Crippen LogP contribution in [0.4, 0.5) is 8.78 Å². The Morgan fingerprint density at radius 2 is 1.93 bits per heavy atom. The SMILES string of the molecule is C=CC(N)c1cc(F)c(OC)c(F)c1. The zero-order valence-corrected chi connectivity index (χ0v) is 7.76. The van der Waals surface area contributed by atoms with Crippen LogP contribution >= 0.6 is 0 Å². The molecule has 0 spiro atoms. The minimum absolute atomic E-state index is 0.329. The molecule has 0 aliphatic rings. The van der Waals surface area contributed by atoms with Gasteiger partial charge in [0.1, 0.15) is 0 Å². The zero-order chi connectivity index (χ0) is 10.7. The van der Waals surface area contributed by atoms with Crippen LogP contribution in [0.1, 0.15) is 11.6 Å². The highest BCUT2D eigenvalue weighted by molar-refractivity contribution is 5.33. The summed E-state index contributed by atoms with van der Waals surface area (Å²) in [6, 6.07) is 1.69. The van der Waals surface area contributed by atoms with Crippen LogP contribution in [0.5, 0.6) is 5.75 Å². The second kappa shape index (κ2) is 4.19. The van der Waals surface area contributed by atoms with E-state index in [2.05, 4.69) is 11.3 Å². The van der Waals surface area contributed by atoms with Crippen LogP contribution in [0, 0.1) is 11.6 Å². The molecule has 1 rings (SSSR count). The van der Waals surface area contributed by atoms with Gasteiger partial charge in [-0.1, -0.05) is 6.08 Å². The van der Waals surface area contributed by atoms with Crippen LogP contribution in [0.15, 0.2) is 24.8 Å². The van der Waals surface area contributed by atoms with E-state index in [4.69, 9.17) is 5.73 Å². The highest BCUT2D eigenvalue weighted by Gasteiger charge is 2.13. The van der Waals surface area contributed by atoms with E-state index in [9.17, 15) is 8.78 Å². The lowest BCUT2D eigenvalue weighted by Gasteiger charge is -2.09. The molecule has 0 heterocycles. The first-order valence-electron chi connectivity index (χ1n) is 4.01. The van der Waals surface area contributed by atoms with Gasteiger partial charge in [-0.25, -0.2) is 8.78 Å². The van der Waals surface area contributed by atoms with Crippen molar-refractivity contribution in [3.05, 3.63) is 42.0 Å². The minimum Gasteiger partial charge on any atom is -0.491 e. The van der Waals surface area contributed by atoms with E-state index in [0.717, 1.165) is 12.1 Å². The predicted molar refractivity (Wildman–Crippen MR) is 50.0 cm³/mol. The Hall–Kier alpha value is -1.42. The summed E-state index contributed by atoms with van der Waals surface area (Å²) in [6.07, 6.45) is 1.40. The van der Waals surface area contributed by atoms with Gasteiger partial charge in [0.15, 0.2) is 17.4 Å². The van der Waals surface area contributed by atoms with E-state index in [1.807, 2.05) is 0 Å². The average Bonchev–Trinajstić information content (AvgIpc) is 2.16. The molecule has 1 aromatic rings. The number of methoxy groups -OCH3 is 1. The van der Waals surface area contributed by atoms with Crippen molar-refractivity contribution in [1.82, 2.24) is 0 Å². The van der Waals surface area contributed by atoms with Gasteiger partial charge in [-0.05, 0) is 17.7 Å². The Kier molecular flexibility index (Phi) is 3.19. The van der Waals surface area contributed by atoms with Crippen LogP contribution in [-0.2, 0) is 0 Å². The smallest absolute Gasteiger partial charge is 0.190 e. The summed E-state index contributed by atoms with van der Waals surface area (Å²) in [4.78, 5) is 0. The molecule has 0 amide bonds. The minimum atomic E-state index is -0.764. The fourth-order valence-electron chi connectivity index (χ4n) is 1.10. The lowest BCUT2D eigenvalue weighted by atomic mass is 10.1. The fourth-order valence-corrected chi connectivity index (χ4v) is 1.10. The van der Waals surface area contributed by atoms with Gasteiger partial charge in [-0.15, -0.1) is 6.58 Å². The lowest BCUT2D eigenvalue weighted by Crippen LogP contribution is -2.08. The molecule has 0 aliphatic carbocycles. The number of hydrogen-bond acceptors (Lipinski definition) is 2. The van der Waals surface area contributed by atoms with E-state index in [0.29, 0.717) is 5.56 Å². The highest BCUT2D eigenvalue weighted by atomic mass is 19.1. The topological polar surface area (TPSA) is 35.2 Å². The van der Waals surface area contributed by atoms with Crippen molar-refractivity contribution in [2.75, 3.05) is 7.11 Å². The summed E-state index contributed by atoms with van der Waals surface area (Å²) in [7, 11) is 1.20. The van der Waals surface area contributed by atoms with Crippen molar-refractivity contribution in [2.45, 2.75) is 6.04 Å². The standard InChI is InChI=1S/C10H11F2NO/c1-3-9(13)6-4-7(11)10(14-2)8(12)5-6/h3-5,9H,1,13H2,2H3. The Morgan fingerprint density at radius 3 is 2.29 bits per heavy atom. The first-order chi connectivity index (χ1) is 6.60. The maximum atomic E-state index is 13.2. The van der Waals surface area contributed by atoms with Crippen molar-refractivity contribution in [3.8, 4) is 5.75 Å². The molecule has 1 unspecified atom stereocenters. The van der Waals surface area contributed by atoms with Gasteiger partial charge in [0.05, 0.1) is 7.11 Å².